The van der Waals surface area contributed by atoms with Crippen LogP contribution >= 0.6 is 0 Å². The number of carbonyl (C=O) groups is 1. The first-order valence-electron chi connectivity index (χ1n) is 6.40. The molecule has 1 aliphatic heterocycles. The molecule has 1 fully saturated rings. The van der Waals surface area contributed by atoms with Gasteiger partial charge in [0.2, 0.25) is 0 Å². The topological polar surface area (TPSA) is 83.9 Å². The van der Waals surface area contributed by atoms with Gasteiger partial charge in [0.1, 0.15) is 11.5 Å². The van der Waals surface area contributed by atoms with Crippen LogP contribution in [-0.4, -0.2) is 43.6 Å². The first kappa shape index (κ1) is 12.6. The van der Waals surface area contributed by atoms with E-state index in [1.165, 1.54) is 6.07 Å². The average molecular weight is 273 g/mol. The molecule has 0 radical (unpaired) electrons. The van der Waals surface area contributed by atoms with Gasteiger partial charge in [-0.05, 0) is 13.0 Å². The minimum Gasteiger partial charge on any atom is -0.336 e. The Hall–Kier alpha value is -2.44. The Morgan fingerprint density at radius 2 is 2.20 bits per heavy atom. The van der Waals surface area contributed by atoms with E-state index >= 15 is 0 Å². The van der Waals surface area contributed by atoms with E-state index in [0.29, 0.717) is 30.3 Å². The number of hydrogen-bond acceptors (Lipinski definition) is 4. The molecule has 7 nitrogen and oxygen atoms in total. The van der Waals surface area contributed by atoms with Gasteiger partial charge >= 0.3 is 0 Å². The van der Waals surface area contributed by atoms with Crippen LogP contribution in [0.4, 0.5) is 0 Å². The van der Waals surface area contributed by atoms with Crippen molar-refractivity contribution in [1.82, 2.24) is 24.6 Å². The third-order valence-corrected chi connectivity index (χ3v) is 3.38. The predicted molar refractivity (Wildman–Crippen MR) is 71.4 cm³/mol. The molecule has 0 aromatic carbocycles. The highest BCUT2D eigenvalue weighted by Gasteiger charge is 2.34. The standard InChI is InChI=1S/C13H15N5O2/c1-8-5-11(19)15-12(14-8)9-6-18(7-9)13(20)10-3-4-17(2)16-10/h3-5,9H,6-7H2,1-2H3,(H,14,15,19). The van der Waals surface area contributed by atoms with Crippen molar-refractivity contribution >= 4 is 5.91 Å². The van der Waals surface area contributed by atoms with Gasteiger partial charge in [0.15, 0.2) is 0 Å². The Balaban J connectivity index is 1.69. The zero-order chi connectivity index (χ0) is 14.3. The van der Waals surface area contributed by atoms with Gasteiger partial charge < -0.3 is 9.88 Å². The van der Waals surface area contributed by atoms with Gasteiger partial charge in [0.05, 0.1) is 5.92 Å². The van der Waals surface area contributed by atoms with E-state index < -0.39 is 0 Å². The molecule has 1 saturated heterocycles. The van der Waals surface area contributed by atoms with E-state index in [9.17, 15) is 9.59 Å². The Bertz CT molecular complexity index is 712. The van der Waals surface area contributed by atoms with Crippen molar-refractivity contribution in [1.29, 1.82) is 0 Å². The van der Waals surface area contributed by atoms with Crippen LogP contribution in [0.15, 0.2) is 23.1 Å². The molecule has 0 unspecified atom stereocenters. The average Bonchev–Trinajstić information content (AvgIpc) is 2.72. The zero-order valence-electron chi connectivity index (χ0n) is 11.3. The van der Waals surface area contributed by atoms with Crippen LogP contribution in [0.5, 0.6) is 0 Å². The van der Waals surface area contributed by atoms with Crippen molar-refractivity contribution in [3.8, 4) is 0 Å². The number of carbonyl (C=O) groups excluding carboxylic acids is 1. The van der Waals surface area contributed by atoms with Crippen molar-refractivity contribution in [3.63, 3.8) is 0 Å². The summed E-state index contributed by atoms with van der Waals surface area (Å²) >= 11 is 0. The fraction of sp³-hybridized carbons (Fsp3) is 0.385. The predicted octanol–water partition coefficient (Wildman–Crippen LogP) is 0.0514. The van der Waals surface area contributed by atoms with E-state index in [2.05, 4.69) is 15.1 Å². The Morgan fingerprint density at radius 3 is 2.80 bits per heavy atom. The van der Waals surface area contributed by atoms with Crippen LogP contribution in [0.25, 0.3) is 0 Å². The van der Waals surface area contributed by atoms with Gasteiger partial charge in [-0.25, -0.2) is 4.98 Å². The first-order chi connectivity index (χ1) is 9.52. The third kappa shape index (κ3) is 2.22. The number of aryl methyl sites for hydroxylation is 2. The number of aromatic nitrogens is 4. The van der Waals surface area contributed by atoms with Gasteiger partial charge in [-0.15, -0.1) is 0 Å². The monoisotopic (exact) mass is 273 g/mol. The van der Waals surface area contributed by atoms with Crippen molar-refractivity contribution in [2.24, 2.45) is 7.05 Å². The summed E-state index contributed by atoms with van der Waals surface area (Å²) in [5, 5.41) is 4.09. The van der Waals surface area contributed by atoms with Crippen molar-refractivity contribution in [2.75, 3.05) is 13.1 Å². The second-order valence-electron chi connectivity index (χ2n) is 5.05. The Labute approximate surface area is 115 Å². The largest absolute Gasteiger partial charge is 0.336 e. The smallest absolute Gasteiger partial charge is 0.274 e. The van der Waals surface area contributed by atoms with E-state index in [4.69, 9.17) is 0 Å². The molecule has 1 aliphatic rings. The number of likely N-dealkylation sites (tertiary alicyclic amines) is 1. The maximum absolute atomic E-state index is 12.1. The third-order valence-electron chi connectivity index (χ3n) is 3.38. The van der Waals surface area contributed by atoms with Crippen LogP contribution in [0.3, 0.4) is 0 Å². The van der Waals surface area contributed by atoms with Crippen LogP contribution in [0, 0.1) is 6.92 Å². The molecule has 2 aromatic heterocycles. The van der Waals surface area contributed by atoms with Gasteiger partial charge in [-0.1, -0.05) is 0 Å². The lowest BCUT2D eigenvalue weighted by atomic mass is 9.98. The van der Waals surface area contributed by atoms with Gasteiger partial charge in [-0.3, -0.25) is 14.3 Å². The summed E-state index contributed by atoms with van der Waals surface area (Å²) in [6.45, 7) is 2.90. The van der Waals surface area contributed by atoms with Crippen LogP contribution in [-0.2, 0) is 7.05 Å². The summed E-state index contributed by atoms with van der Waals surface area (Å²) < 4.78 is 1.60. The van der Waals surface area contributed by atoms with E-state index in [0.717, 1.165) is 0 Å². The molecule has 0 atom stereocenters. The summed E-state index contributed by atoms with van der Waals surface area (Å²) in [6, 6.07) is 3.15. The molecule has 20 heavy (non-hydrogen) atoms. The molecule has 0 aliphatic carbocycles. The summed E-state index contributed by atoms with van der Waals surface area (Å²) in [5.74, 6) is 0.659. The zero-order valence-corrected chi connectivity index (χ0v) is 11.3. The number of rotatable bonds is 2. The fourth-order valence-corrected chi connectivity index (χ4v) is 2.30. The second kappa shape index (κ2) is 4.59. The maximum atomic E-state index is 12.1. The molecular formula is C13H15N5O2. The highest BCUT2D eigenvalue weighted by molar-refractivity contribution is 5.92. The Kier molecular flexibility index (Phi) is 2.89. The molecule has 1 amide bonds. The lowest BCUT2D eigenvalue weighted by Gasteiger charge is -2.38. The van der Waals surface area contributed by atoms with Crippen LogP contribution in [0.2, 0.25) is 0 Å². The number of nitrogens with one attached hydrogen (secondary N) is 1. The molecule has 0 saturated carbocycles. The lowest BCUT2D eigenvalue weighted by molar-refractivity contribution is 0.0587. The quantitative estimate of drug-likeness (QED) is 0.838. The molecule has 7 heteroatoms. The molecule has 3 heterocycles. The van der Waals surface area contributed by atoms with Gasteiger partial charge in [0.25, 0.3) is 11.5 Å². The maximum Gasteiger partial charge on any atom is 0.274 e. The summed E-state index contributed by atoms with van der Waals surface area (Å²) in [5.41, 5.74) is 0.983. The van der Waals surface area contributed by atoms with E-state index in [1.54, 1.807) is 35.8 Å². The van der Waals surface area contributed by atoms with Crippen molar-refractivity contribution in [2.45, 2.75) is 12.8 Å². The highest BCUT2D eigenvalue weighted by Crippen LogP contribution is 2.25. The summed E-state index contributed by atoms with van der Waals surface area (Å²) in [7, 11) is 1.77. The van der Waals surface area contributed by atoms with Crippen LogP contribution in [0.1, 0.15) is 27.9 Å². The number of amides is 1. The molecule has 104 valence electrons. The van der Waals surface area contributed by atoms with Crippen LogP contribution < -0.4 is 5.56 Å². The van der Waals surface area contributed by atoms with Crippen molar-refractivity contribution in [3.05, 3.63) is 45.9 Å². The molecule has 0 bridgehead atoms. The van der Waals surface area contributed by atoms with E-state index in [1.807, 2.05) is 0 Å². The fourth-order valence-electron chi connectivity index (χ4n) is 2.30. The van der Waals surface area contributed by atoms with Gasteiger partial charge in [0, 0.05) is 38.1 Å². The number of H-pyrrole nitrogens is 1. The minimum atomic E-state index is -0.151. The van der Waals surface area contributed by atoms with Gasteiger partial charge in [-0.2, -0.15) is 5.10 Å². The molecule has 0 spiro atoms. The summed E-state index contributed by atoms with van der Waals surface area (Å²) in [4.78, 5) is 32.3. The Morgan fingerprint density at radius 1 is 1.45 bits per heavy atom. The van der Waals surface area contributed by atoms with E-state index in [-0.39, 0.29) is 17.4 Å². The molecular weight excluding hydrogens is 258 g/mol. The SMILES string of the molecule is Cc1cc(=O)[nH]c(C2CN(C(=O)c3ccn(C)n3)C2)n1. The van der Waals surface area contributed by atoms with Crippen molar-refractivity contribution < 1.29 is 4.79 Å². The normalized spacial score (nSPS) is 15.2. The number of hydrogen-bond donors (Lipinski definition) is 1. The minimum absolute atomic E-state index is 0.0862. The lowest BCUT2D eigenvalue weighted by Crippen LogP contribution is -2.49. The molecule has 2 aromatic rings. The molecule has 3 rings (SSSR count). The number of aromatic amines is 1. The number of nitrogens with zero attached hydrogens (tertiary/aromatic N) is 4. The first-order valence-corrected chi connectivity index (χ1v) is 6.40. The summed E-state index contributed by atoms with van der Waals surface area (Å²) in [6.07, 6.45) is 1.74. The highest BCUT2D eigenvalue weighted by atomic mass is 16.2. The second-order valence-corrected chi connectivity index (χ2v) is 5.05. The molecule has 1 N–H and O–H groups in total.